The fraction of sp³-hybridized carbons (Fsp3) is 0.0526. The van der Waals surface area contributed by atoms with Crippen LogP contribution in [-0.4, -0.2) is 21.2 Å². The van der Waals surface area contributed by atoms with Crippen molar-refractivity contribution < 1.29 is 18.3 Å². The van der Waals surface area contributed by atoms with Gasteiger partial charge in [0, 0.05) is 16.5 Å². The highest BCUT2D eigenvalue weighted by Gasteiger charge is 2.12. The standard InChI is InChI=1S/C19H12FN3O3S/c20-14-3-1-2-13(8-14)19-22-15(10-27-19)9-17(24)26-16-6-4-12(5-7-16)18-23-21-11-25-18/h1-8,10-11H,9H2. The average Bonchev–Trinajstić information content (AvgIpc) is 3.34. The molecule has 0 amide bonds. The van der Waals surface area contributed by atoms with Crippen molar-refractivity contribution in [1.29, 1.82) is 0 Å². The van der Waals surface area contributed by atoms with Gasteiger partial charge in [0.1, 0.15) is 16.6 Å². The van der Waals surface area contributed by atoms with E-state index in [0.717, 1.165) is 5.56 Å². The summed E-state index contributed by atoms with van der Waals surface area (Å²) >= 11 is 1.35. The number of esters is 1. The molecule has 8 heteroatoms. The first-order valence-corrected chi connectivity index (χ1v) is 8.83. The number of carbonyl (C=O) groups is 1. The minimum Gasteiger partial charge on any atom is -0.426 e. The highest BCUT2D eigenvalue weighted by Crippen LogP contribution is 2.25. The molecule has 0 N–H and O–H groups in total. The number of benzene rings is 2. The van der Waals surface area contributed by atoms with Crippen LogP contribution in [0.1, 0.15) is 5.69 Å². The van der Waals surface area contributed by atoms with Crippen LogP contribution in [0.4, 0.5) is 4.39 Å². The summed E-state index contributed by atoms with van der Waals surface area (Å²) in [5, 5.41) is 9.84. The first-order valence-electron chi connectivity index (χ1n) is 7.95. The maximum Gasteiger partial charge on any atom is 0.317 e. The third-order valence-corrected chi connectivity index (χ3v) is 4.58. The number of nitrogens with zero attached hydrogens (tertiary/aromatic N) is 3. The molecule has 0 spiro atoms. The van der Waals surface area contributed by atoms with Gasteiger partial charge in [0.15, 0.2) is 0 Å². The van der Waals surface area contributed by atoms with Gasteiger partial charge < -0.3 is 9.15 Å². The third kappa shape index (κ3) is 4.06. The maximum absolute atomic E-state index is 13.3. The summed E-state index contributed by atoms with van der Waals surface area (Å²) in [7, 11) is 0. The molecule has 0 saturated heterocycles. The second-order valence-corrected chi connectivity index (χ2v) is 6.43. The topological polar surface area (TPSA) is 78.1 Å². The molecule has 0 saturated carbocycles. The van der Waals surface area contributed by atoms with E-state index in [9.17, 15) is 9.18 Å². The van der Waals surface area contributed by atoms with Gasteiger partial charge in [-0.2, -0.15) is 0 Å². The lowest BCUT2D eigenvalue weighted by Gasteiger charge is -2.03. The second-order valence-electron chi connectivity index (χ2n) is 5.57. The van der Waals surface area contributed by atoms with Gasteiger partial charge >= 0.3 is 5.97 Å². The molecule has 0 fully saturated rings. The molecule has 4 aromatic rings. The number of halogens is 1. The average molecular weight is 381 g/mol. The summed E-state index contributed by atoms with van der Waals surface area (Å²) < 4.78 is 23.7. The van der Waals surface area contributed by atoms with Crippen LogP contribution in [0.25, 0.3) is 22.0 Å². The van der Waals surface area contributed by atoms with E-state index in [4.69, 9.17) is 9.15 Å². The molecule has 0 radical (unpaired) electrons. The molecule has 0 aliphatic rings. The van der Waals surface area contributed by atoms with Crippen molar-refractivity contribution in [2.75, 3.05) is 0 Å². The summed E-state index contributed by atoms with van der Waals surface area (Å²) in [6.07, 6.45) is 1.27. The van der Waals surface area contributed by atoms with Crippen LogP contribution in [0.2, 0.25) is 0 Å². The number of hydrogen-bond donors (Lipinski definition) is 0. The van der Waals surface area contributed by atoms with Crippen LogP contribution in [0.5, 0.6) is 5.75 Å². The van der Waals surface area contributed by atoms with Crippen molar-refractivity contribution in [3.63, 3.8) is 0 Å². The highest BCUT2D eigenvalue weighted by molar-refractivity contribution is 7.13. The summed E-state index contributed by atoms with van der Waals surface area (Å²) in [5.74, 6) is 0.0355. The van der Waals surface area contributed by atoms with E-state index in [1.54, 1.807) is 41.8 Å². The van der Waals surface area contributed by atoms with Crippen molar-refractivity contribution >= 4 is 17.3 Å². The van der Waals surface area contributed by atoms with Gasteiger partial charge in [0.25, 0.3) is 0 Å². The van der Waals surface area contributed by atoms with Crippen LogP contribution in [-0.2, 0) is 11.2 Å². The van der Waals surface area contributed by atoms with E-state index >= 15 is 0 Å². The van der Waals surface area contributed by atoms with E-state index in [1.807, 2.05) is 0 Å². The Morgan fingerprint density at radius 1 is 1.15 bits per heavy atom. The zero-order chi connectivity index (χ0) is 18.6. The zero-order valence-corrected chi connectivity index (χ0v) is 14.6. The summed E-state index contributed by atoms with van der Waals surface area (Å²) in [4.78, 5) is 16.5. The van der Waals surface area contributed by atoms with Crippen molar-refractivity contribution in [2.45, 2.75) is 6.42 Å². The van der Waals surface area contributed by atoms with Crippen LogP contribution in [0.3, 0.4) is 0 Å². The Labute approximate surface area is 157 Å². The van der Waals surface area contributed by atoms with Crippen LogP contribution >= 0.6 is 11.3 Å². The van der Waals surface area contributed by atoms with Gasteiger partial charge in [-0.15, -0.1) is 21.5 Å². The molecule has 27 heavy (non-hydrogen) atoms. The van der Waals surface area contributed by atoms with Gasteiger partial charge in [-0.3, -0.25) is 4.79 Å². The predicted molar refractivity (Wildman–Crippen MR) is 96.6 cm³/mol. The Morgan fingerprint density at radius 3 is 2.74 bits per heavy atom. The van der Waals surface area contributed by atoms with Crippen LogP contribution in [0.15, 0.2) is 64.7 Å². The molecule has 0 bridgehead atoms. The number of aromatic nitrogens is 3. The van der Waals surface area contributed by atoms with E-state index in [2.05, 4.69) is 15.2 Å². The lowest BCUT2D eigenvalue weighted by molar-refractivity contribution is -0.133. The van der Waals surface area contributed by atoms with Crippen molar-refractivity contribution in [3.05, 3.63) is 71.8 Å². The Morgan fingerprint density at radius 2 is 2.00 bits per heavy atom. The number of hydrogen-bond acceptors (Lipinski definition) is 7. The fourth-order valence-electron chi connectivity index (χ4n) is 2.42. The van der Waals surface area contributed by atoms with Gasteiger partial charge in [0.05, 0.1) is 12.1 Å². The predicted octanol–water partition coefficient (Wildman–Crippen LogP) is 4.15. The molecule has 2 aromatic heterocycles. The summed E-state index contributed by atoms with van der Waals surface area (Å²) in [6.45, 7) is 0. The van der Waals surface area contributed by atoms with Gasteiger partial charge in [0.2, 0.25) is 12.3 Å². The molecule has 0 atom stereocenters. The number of carbonyl (C=O) groups excluding carboxylic acids is 1. The van der Waals surface area contributed by atoms with E-state index in [-0.39, 0.29) is 12.2 Å². The van der Waals surface area contributed by atoms with E-state index in [1.165, 1.54) is 29.9 Å². The molecular formula is C19H12FN3O3S. The van der Waals surface area contributed by atoms with Crippen molar-refractivity contribution in [1.82, 2.24) is 15.2 Å². The molecule has 0 aliphatic carbocycles. The molecule has 134 valence electrons. The van der Waals surface area contributed by atoms with Crippen molar-refractivity contribution in [3.8, 4) is 27.8 Å². The van der Waals surface area contributed by atoms with Crippen LogP contribution < -0.4 is 4.74 Å². The minimum absolute atomic E-state index is 0.0250. The van der Waals surface area contributed by atoms with E-state index < -0.39 is 5.97 Å². The zero-order valence-electron chi connectivity index (χ0n) is 13.8. The molecule has 6 nitrogen and oxygen atoms in total. The quantitative estimate of drug-likeness (QED) is 0.382. The molecule has 2 heterocycles. The molecular weight excluding hydrogens is 369 g/mol. The molecule has 0 unspecified atom stereocenters. The molecule has 0 aliphatic heterocycles. The van der Waals surface area contributed by atoms with E-state index in [0.29, 0.717) is 27.9 Å². The maximum atomic E-state index is 13.3. The Hall–Kier alpha value is -3.39. The van der Waals surface area contributed by atoms with Crippen LogP contribution in [0, 0.1) is 5.82 Å². The smallest absolute Gasteiger partial charge is 0.317 e. The number of thiazole rings is 1. The van der Waals surface area contributed by atoms with Gasteiger partial charge in [-0.25, -0.2) is 9.37 Å². The molecule has 4 rings (SSSR count). The van der Waals surface area contributed by atoms with Gasteiger partial charge in [-0.1, -0.05) is 12.1 Å². The number of ether oxygens (including phenoxy) is 1. The Balaban J connectivity index is 1.40. The monoisotopic (exact) mass is 381 g/mol. The first kappa shape index (κ1) is 17.0. The first-order chi connectivity index (χ1) is 13.2. The SMILES string of the molecule is O=C(Cc1csc(-c2cccc(F)c2)n1)Oc1ccc(-c2nnco2)cc1. The molecule has 2 aromatic carbocycles. The normalized spacial score (nSPS) is 10.7. The number of rotatable bonds is 5. The summed E-state index contributed by atoms with van der Waals surface area (Å²) in [5.41, 5.74) is 1.98. The lowest BCUT2D eigenvalue weighted by Crippen LogP contribution is -2.11. The highest BCUT2D eigenvalue weighted by atomic mass is 32.1. The lowest BCUT2D eigenvalue weighted by atomic mass is 10.2. The second kappa shape index (κ2) is 7.46. The minimum atomic E-state index is -0.434. The Bertz CT molecular complexity index is 1060. The fourth-order valence-corrected chi connectivity index (χ4v) is 3.24. The van der Waals surface area contributed by atoms with Crippen molar-refractivity contribution in [2.24, 2.45) is 0 Å². The summed E-state index contributed by atoms with van der Waals surface area (Å²) in [6, 6.07) is 12.9. The largest absolute Gasteiger partial charge is 0.426 e. The third-order valence-electron chi connectivity index (χ3n) is 3.64. The Kier molecular flexibility index (Phi) is 4.71. The van der Waals surface area contributed by atoms with Gasteiger partial charge in [-0.05, 0) is 36.4 Å².